The number of ether oxygens (including phenoxy) is 2. The Morgan fingerprint density at radius 2 is 2.05 bits per heavy atom. The lowest BCUT2D eigenvalue weighted by Gasteiger charge is -2.18. The molecule has 1 N–H and O–H groups in total. The summed E-state index contributed by atoms with van der Waals surface area (Å²) in [5.41, 5.74) is 1.19. The van der Waals surface area contributed by atoms with Gasteiger partial charge in [0.25, 0.3) is 0 Å². The molecular formula is C14H15ClFN3O2. The van der Waals surface area contributed by atoms with E-state index in [2.05, 4.69) is 15.3 Å². The first-order valence-corrected chi connectivity index (χ1v) is 6.55. The van der Waals surface area contributed by atoms with Crippen LogP contribution in [0.15, 0.2) is 24.4 Å². The second kappa shape index (κ2) is 6.69. The second-order valence-electron chi connectivity index (χ2n) is 4.20. The summed E-state index contributed by atoms with van der Waals surface area (Å²) in [7, 11) is 4.72. The predicted molar refractivity (Wildman–Crippen MR) is 77.4 cm³/mol. The molecule has 7 heteroatoms. The molecule has 0 spiro atoms. The quantitative estimate of drug-likeness (QED) is 0.920. The van der Waals surface area contributed by atoms with Crippen molar-refractivity contribution < 1.29 is 13.9 Å². The topological polar surface area (TPSA) is 56.3 Å². The second-order valence-corrected chi connectivity index (χ2v) is 4.61. The molecule has 5 nitrogen and oxygen atoms in total. The summed E-state index contributed by atoms with van der Waals surface area (Å²) >= 11 is 5.71. The van der Waals surface area contributed by atoms with Gasteiger partial charge in [-0.1, -0.05) is 17.7 Å². The van der Waals surface area contributed by atoms with E-state index >= 15 is 0 Å². The van der Waals surface area contributed by atoms with Crippen LogP contribution >= 0.6 is 11.6 Å². The van der Waals surface area contributed by atoms with E-state index < -0.39 is 5.82 Å². The Bertz CT molecular complexity index is 640. The van der Waals surface area contributed by atoms with Gasteiger partial charge in [-0.2, -0.15) is 4.98 Å². The molecule has 112 valence electrons. The van der Waals surface area contributed by atoms with Crippen LogP contribution in [0.5, 0.6) is 11.8 Å². The first kappa shape index (κ1) is 15.5. The van der Waals surface area contributed by atoms with Crippen molar-refractivity contribution in [3.05, 3.63) is 46.5 Å². The summed E-state index contributed by atoms with van der Waals surface area (Å²) in [5, 5.41) is 3.13. The highest BCUT2D eigenvalue weighted by atomic mass is 35.5. The SMILES string of the molecule is CNC(c1ccc(Cl)c(F)c1)c1ncc(OC)nc1OC. The van der Waals surface area contributed by atoms with Gasteiger partial charge in [-0.15, -0.1) is 0 Å². The Balaban J connectivity index is 2.47. The van der Waals surface area contributed by atoms with Crippen LogP contribution in [-0.2, 0) is 0 Å². The molecule has 2 rings (SSSR count). The number of methoxy groups -OCH3 is 2. The maximum atomic E-state index is 13.6. The average Bonchev–Trinajstić information content (AvgIpc) is 2.51. The lowest BCUT2D eigenvalue weighted by molar-refractivity contribution is 0.353. The number of hydrogen-bond donors (Lipinski definition) is 1. The standard InChI is InChI=1S/C14H15ClFN3O2/c1-17-12(8-4-5-9(15)10(16)6-8)13-14(21-3)19-11(20-2)7-18-13/h4-7,12,17H,1-3H3. The van der Waals surface area contributed by atoms with Gasteiger partial charge in [-0.25, -0.2) is 9.37 Å². The minimum absolute atomic E-state index is 0.0707. The summed E-state index contributed by atoms with van der Waals surface area (Å²) in [6.07, 6.45) is 1.48. The van der Waals surface area contributed by atoms with Gasteiger partial charge in [0.15, 0.2) is 0 Å². The number of hydrogen-bond acceptors (Lipinski definition) is 5. The monoisotopic (exact) mass is 311 g/mol. The van der Waals surface area contributed by atoms with Gasteiger partial charge in [0, 0.05) is 0 Å². The molecule has 1 aromatic carbocycles. The minimum Gasteiger partial charge on any atom is -0.480 e. The summed E-state index contributed by atoms with van der Waals surface area (Å²) in [5.74, 6) is 0.159. The fourth-order valence-electron chi connectivity index (χ4n) is 1.97. The molecule has 0 aliphatic rings. The number of benzene rings is 1. The molecule has 0 bridgehead atoms. The molecule has 2 aromatic rings. The number of aromatic nitrogens is 2. The van der Waals surface area contributed by atoms with Gasteiger partial charge in [-0.3, -0.25) is 0 Å². The van der Waals surface area contributed by atoms with E-state index in [4.69, 9.17) is 21.1 Å². The molecule has 0 fully saturated rings. The van der Waals surface area contributed by atoms with Gasteiger partial charge in [0.1, 0.15) is 11.5 Å². The van der Waals surface area contributed by atoms with Gasteiger partial charge in [-0.05, 0) is 24.7 Å². The van der Waals surface area contributed by atoms with E-state index in [0.29, 0.717) is 23.0 Å². The first-order valence-electron chi connectivity index (χ1n) is 6.17. The third-order valence-electron chi connectivity index (χ3n) is 2.99. The largest absolute Gasteiger partial charge is 0.480 e. The molecule has 0 saturated heterocycles. The van der Waals surface area contributed by atoms with Crippen molar-refractivity contribution in [3.8, 4) is 11.8 Å². The lowest BCUT2D eigenvalue weighted by atomic mass is 10.0. The molecule has 1 aromatic heterocycles. The normalized spacial score (nSPS) is 12.0. The van der Waals surface area contributed by atoms with E-state index in [1.807, 2.05) is 0 Å². The summed E-state index contributed by atoms with van der Waals surface area (Å²) in [6, 6.07) is 4.19. The van der Waals surface area contributed by atoms with E-state index in [1.165, 1.54) is 32.5 Å². The Kier molecular flexibility index (Phi) is 4.93. The maximum Gasteiger partial charge on any atom is 0.240 e. The fourth-order valence-corrected chi connectivity index (χ4v) is 2.08. The van der Waals surface area contributed by atoms with Crippen molar-refractivity contribution in [3.63, 3.8) is 0 Å². The molecule has 1 unspecified atom stereocenters. The highest BCUT2D eigenvalue weighted by molar-refractivity contribution is 6.30. The zero-order valence-electron chi connectivity index (χ0n) is 11.9. The third-order valence-corrected chi connectivity index (χ3v) is 3.29. The van der Waals surface area contributed by atoms with Crippen LogP contribution in [-0.4, -0.2) is 31.2 Å². The van der Waals surface area contributed by atoms with E-state index in [-0.39, 0.29) is 11.1 Å². The summed E-state index contributed by atoms with van der Waals surface area (Å²) < 4.78 is 23.9. The summed E-state index contributed by atoms with van der Waals surface area (Å²) in [6.45, 7) is 0. The van der Waals surface area contributed by atoms with Gasteiger partial charge in [0.05, 0.1) is 31.5 Å². The molecular weight excluding hydrogens is 297 g/mol. The van der Waals surface area contributed by atoms with Crippen molar-refractivity contribution in [2.24, 2.45) is 0 Å². The van der Waals surface area contributed by atoms with Crippen molar-refractivity contribution in [1.29, 1.82) is 0 Å². The number of rotatable bonds is 5. The van der Waals surface area contributed by atoms with Crippen LogP contribution in [0, 0.1) is 5.82 Å². The molecule has 0 radical (unpaired) electrons. The fraction of sp³-hybridized carbons (Fsp3) is 0.286. The van der Waals surface area contributed by atoms with Crippen molar-refractivity contribution >= 4 is 11.6 Å². The van der Waals surface area contributed by atoms with Gasteiger partial charge < -0.3 is 14.8 Å². The molecule has 21 heavy (non-hydrogen) atoms. The Labute approximate surface area is 127 Å². The lowest BCUT2D eigenvalue weighted by Crippen LogP contribution is -2.20. The zero-order valence-corrected chi connectivity index (χ0v) is 12.6. The zero-order chi connectivity index (χ0) is 15.4. The van der Waals surface area contributed by atoms with Crippen LogP contribution in [0.3, 0.4) is 0 Å². The minimum atomic E-state index is -0.491. The van der Waals surface area contributed by atoms with E-state index in [9.17, 15) is 4.39 Å². The van der Waals surface area contributed by atoms with Gasteiger partial charge in [0.2, 0.25) is 11.8 Å². The third kappa shape index (κ3) is 3.22. The van der Waals surface area contributed by atoms with Crippen LogP contribution < -0.4 is 14.8 Å². The van der Waals surface area contributed by atoms with Crippen LogP contribution in [0.2, 0.25) is 5.02 Å². The molecule has 0 saturated carbocycles. The van der Waals surface area contributed by atoms with Crippen molar-refractivity contribution in [1.82, 2.24) is 15.3 Å². The van der Waals surface area contributed by atoms with Crippen LogP contribution in [0.4, 0.5) is 4.39 Å². The number of halogens is 2. The molecule has 0 aliphatic heterocycles. The highest BCUT2D eigenvalue weighted by Crippen LogP contribution is 2.29. The molecule has 0 amide bonds. The molecule has 0 aliphatic carbocycles. The number of nitrogens with one attached hydrogen (secondary N) is 1. The highest BCUT2D eigenvalue weighted by Gasteiger charge is 2.21. The van der Waals surface area contributed by atoms with Gasteiger partial charge >= 0.3 is 0 Å². The molecule has 1 heterocycles. The Morgan fingerprint density at radius 1 is 1.29 bits per heavy atom. The van der Waals surface area contributed by atoms with Crippen LogP contribution in [0.25, 0.3) is 0 Å². The summed E-state index contributed by atoms with van der Waals surface area (Å²) in [4.78, 5) is 8.47. The van der Waals surface area contributed by atoms with Crippen LogP contribution in [0.1, 0.15) is 17.3 Å². The Morgan fingerprint density at radius 3 is 2.62 bits per heavy atom. The van der Waals surface area contributed by atoms with E-state index in [1.54, 1.807) is 13.1 Å². The number of nitrogens with zero attached hydrogens (tertiary/aromatic N) is 2. The first-order chi connectivity index (χ1) is 10.1. The average molecular weight is 312 g/mol. The maximum absolute atomic E-state index is 13.6. The smallest absolute Gasteiger partial charge is 0.240 e. The predicted octanol–water partition coefficient (Wildman–Crippen LogP) is 2.60. The van der Waals surface area contributed by atoms with Crippen molar-refractivity contribution in [2.75, 3.05) is 21.3 Å². The Hall–Kier alpha value is -1.92. The van der Waals surface area contributed by atoms with Crippen molar-refractivity contribution in [2.45, 2.75) is 6.04 Å². The molecule has 1 atom stereocenters. The van der Waals surface area contributed by atoms with E-state index in [0.717, 1.165) is 0 Å².